The highest BCUT2D eigenvalue weighted by atomic mass is 16.5. The lowest BCUT2D eigenvalue weighted by Crippen LogP contribution is -2.11. The van der Waals surface area contributed by atoms with E-state index in [1.165, 1.54) is 5.56 Å². The lowest BCUT2D eigenvalue weighted by atomic mass is 10.0. The molecule has 3 heteroatoms. The van der Waals surface area contributed by atoms with Gasteiger partial charge in [-0.15, -0.1) is 0 Å². The Balaban J connectivity index is 1.96. The van der Waals surface area contributed by atoms with Crippen molar-refractivity contribution in [3.05, 3.63) is 59.7 Å². The first-order valence-corrected chi connectivity index (χ1v) is 6.83. The number of aliphatic hydroxyl groups is 1. The molecule has 0 spiro atoms. The minimum absolute atomic E-state index is 0.190. The van der Waals surface area contributed by atoms with Gasteiger partial charge in [-0.05, 0) is 29.7 Å². The Morgan fingerprint density at radius 1 is 1.05 bits per heavy atom. The fourth-order valence-corrected chi connectivity index (χ4v) is 2.03. The van der Waals surface area contributed by atoms with Crippen LogP contribution in [0.2, 0.25) is 0 Å². The van der Waals surface area contributed by atoms with E-state index in [4.69, 9.17) is 10.5 Å². The Kier molecular flexibility index (Phi) is 4.64. The second-order valence-electron chi connectivity index (χ2n) is 5.18. The van der Waals surface area contributed by atoms with Crippen LogP contribution in [0.3, 0.4) is 0 Å². The predicted octanol–water partition coefficient (Wildman–Crippen LogP) is 3.50. The Bertz CT molecular complexity index is 549. The van der Waals surface area contributed by atoms with Crippen molar-refractivity contribution in [1.29, 1.82) is 0 Å². The van der Waals surface area contributed by atoms with Crippen LogP contribution in [0.15, 0.2) is 48.5 Å². The van der Waals surface area contributed by atoms with Crippen LogP contribution in [0.1, 0.15) is 37.0 Å². The van der Waals surface area contributed by atoms with Crippen LogP contribution in [0.4, 0.5) is 5.69 Å². The first kappa shape index (κ1) is 14.4. The lowest BCUT2D eigenvalue weighted by Gasteiger charge is -2.15. The zero-order valence-corrected chi connectivity index (χ0v) is 11.9. The molecule has 3 N–H and O–H groups in total. The molecular weight excluding hydrogens is 250 g/mol. The van der Waals surface area contributed by atoms with Gasteiger partial charge in [-0.2, -0.15) is 0 Å². The normalized spacial score (nSPS) is 12.4. The standard InChI is InChI=1S/C17H21NO2/c1-12(2)13-7-9-14(10-8-13)20-11-17(19)15-5-3-4-6-16(15)18/h3-10,12,17,19H,11,18H2,1-2H3. The number of hydrogen-bond donors (Lipinski definition) is 2. The van der Waals surface area contributed by atoms with E-state index in [1.807, 2.05) is 42.5 Å². The van der Waals surface area contributed by atoms with Crippen LogP contribution in [0.5, 0.6) is 5.75 Å². The molecule has 0 aliphatic carbocycles. The summed E-state index contributed by atoms with van der Waals surface area (Å²) < 4.78 is 5.61. The van der Waals surface area contributed by atoms with Gasteiger partial charge in [-0.1, -0.05) is 44.2 Å². The maximum absolute atomic E-state index is 10.1. The summed E-state index contributed by atoms with van der Waals surface area (Å²) >= 11 is 0. The topological polar surface area (TPSA) is 55.5 Å². The van der Waals surface area contributed by atoms with Crippen molar-refractivity contribution in [2.75, 3.05) is 12.3 Å². The summed E-state index contributed by atoms with van der Waals surface area (Å²) in [4.78, 5) is 0. The summed E-state index contributed by atoms with van der Waals surface area (Å²) in [5.74, 6) is 1.25. The Morgan fingerprint density at radius 3 is 2.30 bits per heavy atom. The Morgan fingerprint density at radius 2 is 1.70 bits per heavy atom. The van der Waals surface area contributed by atoms with Crippen LogP contribution in [0.25, 0.3) is 0 Å². The van der Waals surface area contributed by atoms with Crippen molar-refractivity contribution in [3.63, 3.8) is 0 Å². The molecule has 106 valence electrons. The summed E-state index contributed by atoms with van der Waals surface area (Å²) in [6.07, 6.45) is -0.721. The minimum atomic E-state index is -0.721. The molecule has 0 saturated heterocycles. The van der Waals surface area contributed by atoms with Gasteiger partial charge in [-0.3, -0.25) is 0 Å². The number of hydrogen-bond acceptors (Lipinski definition) is 3. The third-order valence-corrected chi connectivity index (χ3v) is 3.31. The molecule has 0 saturated carbocycles. The average molecular weight is 271 g/mol. The third kappa shape index (κ3) is 3.52. The van der Waals surface area contributed by atoms with E-state index >= 15 is 0 Å². The van der Waals surface area contributed by atoms with Crippen molar-refractivity contribution >= 4 is 5.69 Å². The van der Waals surface area contributed by atoms with Crippen LogP contribution in [-0.4, -0.2) is 11.7 Å². The van der Waals surface area contributed by atoms with Gasteiger partial charge in [0.1, 0.15) is 18.5 Å². The number of benzene rings is 2. The van der Waals surface area contributed by atoms with Gasteiger partial charge in [0.05, 0.1) is 0 Å². The van der Waals surface area contributed by atoms with Crippen molar-refractivity contribution in [2.24, 2.45) is 0 Å². The summed E-state index contributed by atoms with van der Waals surface area (Å²) in [5, 5.41) is 10.1. The molecule has 2 aromatic rings. The molecule has 0 aliphatic heterocycles. The molecule has 2 aromatic carbocycles. The van der Waals surface area contributed by atoms with Gasteiger partial charge in [0, 0.05) is 11.3 Å². The fourth-order valence-electron chi connectivity index (χ4n) is 2.03. The second-order valence-corrected chi connectivity index (χ2v) is 5.18. The molecule has 1 unspecified atom stereocenters. The van der Waals surface area contributed by atoms with Gasteiger partial charge in [-0.25, -0.2) is 0 Å². The highest BCUT2D eigenvalue weighted by molar-refractivity contribution is 5.47. The van der Waals surface area contributed by atoms with Crippen LogP contribution in [-0.2, 0) is 0 Å². The second kappa shape index (κ2) is 6.44. The van der Waals surface area contributed by atoms with E-state index in [9.17, 15) is 5.11 Å². The average Bonchev–Trinajstić information content (AvgIpc) is 2.45. The van der Waals surface area contributed by atoms with E-state index in [0.29, 0.717) is 17.2 Å². The van der Waals surface area contributed by atoms with E-state index < -0.39 is 6.10 Å². The summed E-state index contributed by atoms with van der Waals surface area (Å²) in [7, 11) is 0. The molecule has 2 rings (SSSR count). The third-order valence-electron chi connectivity index (χ3n) is 3.31. The van der Waals surface area contributed by atoms with Gasteiger partial charge >= 0.3 is 0 Å². The largest absolute Gasteiger partial charge is 0.491 e. The van der Waals surface area contributed by atoms with Crippen molar-refractivity contribution in [3.8, 4) is 5.75 Å². The first-order chi connectivity index (χ1) is 9.58. The molecular formula is C17H21NO2. The van der Waals surface area contributed by atoms with Crippen molar-refractivity contribution < 1.29 is 9.84 Å². The molecule has 0 radical (unpaired) electrons. The zero-order valence-electron chi connectivity index (χ0n) is 11.9. The van der Waals surface area contributed by atoms with E-state index in [1.54, 1.807) is 6.07 Å². The zero-order chi connectivity index (χ0) is 14.5. The number of nitrogen functional groups attached to an aromatic ring is 1. The lowest BCUT2D eigenvalue weighted by molar-refractivity contribution is 0.109. The minimum Gasteiger partial charge on any atom is -0.491 e. The molecule has 0 amide bonds. The van der Waals surface area contributed by atoms with Crippen LogP contribution in [0, 0.1) is 0 Å². The number of aliphatic hydroxyl groups excluding tert-OH is 1. The van der Waals surface area contributed by atoms with Crippen molar-refractivity contribution in [2.45, 2.75) is 25.9 Å². The predicted molar refractivity (Wildman–Crippen MR) is 81.8 cm³/mol. The number of rotatable bonds is 5. The first-order valence-electron chi connectivity index (χ1n) is 6.83. The number of ether oxygens (including phenoxy) is 1. The summed E-state index contributed by atoms with van der Waals surface area (Å²) in [6, 6.07) is 15.2. The highest BCUT2D eigenvalue weighted by Gasteiger charge is 2.11. The Hall–Kier alpha value is -2.00. The van der Waals surface area contributed by atoms with E-state index in [2.05, 4.69) is 13.8 Å². The summed E-state index contributed by atoms with van der Waals surface area (Å²) in [6.45, 7) is 4.49. The maximum atomic E-state index is 10.1. The SMILES string of the molecule is CC(C)c1ccc(OCC(O)c2ccccc2N)cc1. The van der Waals surface area contributed by atoms with Crippen LogP contribution < -0.4 is 10.5 Å². The quantitative estimate of drug-likeness (QED) is 0.818. The molecule has 0 aromatic heterocycles. The van der Waals surface area contributed by atoms with Crippen LogP contribution >= 0.6 is 0 Å². The molecule has 1 atom stereocenters. The van der Waals surface area contributed by atoms with E-state index in [-0.39, 0.29) is 6.61 Å². The smallest absolute Gasteiger partial charge is 0.119 e. The molecule has 20 heavy (non-hydrogen) atoms. The molecule has 0 heterocycles. The maximum Gasteiger partial charge on any atom is 0.119 e. The van der Waals surface area contributed by atoms with Gasteiger partial charge in [0.15, 0.2) is 0 Å². The molecule has 0 bridgehead atoms. The summed E-state index contributed by atoms with van der Waals surface area (Å²) in [5.41, 5.74) is 8.38. The van der Waals surface area contributed by atoms with Gasteiger partial charge in [0.2, 0.25) is 0 Å². The van der Waals surface area contributed by atoms with E-state index in [0.717, 1.165) is 5.75 Å². The fraction of sp³-hybridized carbons (Fsp3) is 0.294. The molecule has 0 fully saturated rings. The number of para-hydroxylation sites is 1. The molecule has 0 aliphatic rings. The van der Waals surface area contributed by atoms with Gasteiger partial charge < -0.3 is 15.6 Å². The number of nitrogens with two attached hydrogens (primary N) is 1. The van der Waals surface area contributed by atoms with Crippen molar-refractivity contribution in [1.82, 2.24) is 0 Å². The number of anilines is 1. The Labute approximate surface area is 120 Å². The monoisotopic (exact) mass is 271 g/mol. The highest BCUT2D eigenvalue weighted by Crippen LogP contribution is 2.22. The molecule has 3 nitrogen and oxygen atoms in total. The van der Waals surface area contributed by atoms with Gasteiger partial charge in [0.25, 0.3) is 0 Å².